The Morgan fingerprint density at radius 3 is 2.95 bits per heavy atom. The quantitative estimate of drug-likeness (QED) is 0.637. The largest absolute Gasteiger partial charge is 0.396 e. The molecule has 1 heterocycles. The van der Waals surface area contributed by atoms with Crippen LogP contribution < -0.4 is 5.32 Å². The fraction of sp³-hybridized carbons (Fsp3) is 0.375. The number of pyridine rings is 1. The van der Waals surface area contributed by atoms with Crippen molar-refractivity contribution in [3.8, 4) is 0 Å². The Bertz CT molecular complexity index is 631. The zero-order chi connectivity index (χ0) is 15.2. The minimum Gasteiger partial charge on any atom is -0.396 e. The third-order valence-corrected chi connectivity index (χ3v) is 3.69. The molecule has 4 nitrogen and oxygen atoms in total. The summed E-state index contributed by atoms with van der Waals surface area (Å²) in [7, 11) is 0. The molecule has 2 rings (SSSR count). The molecule has 0 fully saturated rings. The Morgan fingerprint density at radius 2 is 2.19 bits per heavy atom. The lowest BCUT2D eigenvalue weighted by Gasteiger charge is -2.09. The summed E-state index contributed by atoms with van der Waals surface area (Å²) in [6, 6.07) is 9.31. The Balaban J connectivity index is 1.99. The topological polar surface area (TPSA) is 62.2 Å². The molecule has 2 aromatic rings. The second-order valence-electron chi connectivity index (χ2n) is 5.21. The molecule has 0 saturated carbocycles. The monoisotopic (exact) mass is 306 g/mol. The lowest BCUT2D eigenvalue weighted by atomic mass is 10.1. The molecule has 0 bridgehead atoms. The minimum absolute atomic E-state index is 0.176. The molecule has 0 aliphatic rings. The van der Waals surface area contributed by atoms with Crippen LogP contribution in [0.2, 0.25) is 5.15 Å². The van der Waals surface area contributed by atoms with Crippen LogP contribution in [0.1, 0.15) is 30.3 Å². The maximum Gasteiger partial charge on any atom is 0.269 e. The van der Waals surface area contributed by atoms with Gasteiger partial charge in [0.15, 0.2) is 0 Å². The number of halogens is 1. The molecule has 5 heteroatoms. The van der Waals surface area contributed by atoms with Crippen LogP contribution in [0.4, 0.5) is 0 Å². The van der Waals surface area contributed by atoms with Crippen molar-refractivity contribution in [2.45, 2.75) is 19.8 Å². The van der Waals surface area contributed by atoms with Gasteiger partial charge >= 0.3 is 0 Å². The van der Waals surface area contributed by atoms with Gasteiger partial charge in [0.05, 0.1) is 0 Å². The van der Waals surface area contributed by atoms with Gasteiger partial charge in [-0.05, 0) is 30.2 Å². The molecule has 1 atom stereocenters. The predicted octanol–water partition coefficient (Wildman–Crippen LogP) is 3.03. The summed E-state index contributed by atoms with van der Waals surface area (Å²) in [4.78, 5) is 16.2. The lowest BCUT2D eigenvalue weighted by Crippen LogP contribution is -2.25. The average Bonchev–Trinajstić information content (AvgIpc) is 2.51. The van der Waals surface area contributed by atoms with E-state index in [1.54, 1.807) is 6.07 Å². The van der Waals surface area contributed by atoms with Crippen molar-refractivity contribution in [1.29, 1.82) is 0 Å². The second kappa shape index (κ2) is 7.38. The smallest absolute Gasteiger partial charge is 0.269 e. The van der Waals surface area contributed by atoms with Crippen LogP contribution >= 0.6 is 11.6 Å². The van der Waals surface area contributed by atoms with Gasteiger partial charge in [-0.2, -0.15) is 0 Å². The van der Waals surface area contributed by atoms with E-state index in [0.29, 0.717) is 17.4 Å². The van der Waals surface area contributed by atoms with Crippen LogP contribution in [-0.4, -0.2) is 29.1 Å². The number of aliphatic hydroxyl groups excluding tert-OH is 1. The van der Waals surface area contributed by atoms with Gasteiger partial charge in [-0.25, -0.2) is 4.98 Å². The molecule has 0 radical (unpaired) electrons. The maximum atomic E-state index is 12.1. The van der Waals surface area contributed by atoms with Crippen LogP contribution in [0.15, 0.2) is 30.3 Å². The van der Waals surface area contributed by atoms with Crippen LogP contribution in [-0.2, 0) is 0 Å². The second-order valence-corrected chi connectivity index (χ2v) is 5.56. The first kappa shape index (κ1) is 15.7. The number of carbonyl (C=O) groups excluding carboxylic acids is 1. The highest BCUT2D eigenvalue weighted by atomic mass is 35.5. The fourth-order valence-electron chi connectivity index (χ4n) is 2.11. The van der Waals surface area contributed by atoms with Gasteiger partial charge in [-0.15, -0.1) is 0 Å². The van der Waals surface area contributed by atoms with Gasteiger partial charge in [0.2, 0.25) is 0 Å². The highest BCUT2D eigenvalue weighted by molar-refractivity contribution is 6.34. The van der Waals surface area contributed by atoms with Gasteiger partial charge in [-0.1, -0.05) is 42.8 Å². The number of hydrogen-bond donors (Lipinski definition) is 2. The van der Waals surface area contributed by atoms with Crippen molar-refractivity contribution >= 4 is 28.3 Å². The van der Waals surface area contributed by atoms with Crippen molar-refractivity contribution in [3.05, 3.63) is 41.2 Å². The first-order chi connectivity index (χ1) is 10.1. The normalized spacial score (nSPS) is 12.3. The molecule has 0 spiro atoms. The summed E-state index contributed by atoms with van der Waals surface area (Å²) in [6.45, 7) is 2.72. The van der Waals surface area contributed by atoms with Crippen molar-refractivity contribution in [3.63, 3.8) is 0 Å². The zero-order valence-corrected chi connectivity index (χ0v) is 12.7. The molecule has 2 N–H and O–H groups in total. The average molecular weight is 307 g/mol. The van der Waals surface area contributed by atoms with Crippen molar-refractivity contribution in [2.24, 2.45) is 5.92 Å². The van der Waals surface area contributed by atoms with Crippen LogP contribution in [0, 0.1) is 5.92 Å². The summed E-state index contributed by atoms with van der Waals surface area (Å²) < 4.78 is 0. The molecule has 1 amide bonds. The van der Waals surface area contributed by atoms with Gasteiger partial charge < -0.3 is 10.4 Å². The standard InChI is InChI=1S/C16H19ClN2O2/c1-11(10-20)5-4-8-18-16(21)14-9-12-6-2-3-7-13(12)15(17)19-14/h2-3,6-7,9,11,20H,4-5,8,10H2,1H3,(H,18,21). The summed E-state index contributed by atoms with van der Waals surface area (Å²) in [5.74, 6) is 0.0365. The highest BCUT2D eigenvalue weighted by Crippen LogP contribution is 2.22. The van der Waals surface area contributed by atoms with E-state index in [9.17, 15) is 4.79 Å². The number of aromatic nitrogens is 1. The SMILES string of the molecule is CC(CO)CCCNC(=O)c1cc2ccccc2c(Cl)n1. The van der Waals surface area contributed by atoms with Crippen LogP contribution in [0.25, 0.3) is 10.8 Å². The number of nitrogens with one attached hydrogen (secondary N) is 1. The molecule has 112 valence electrons. The lowest BCUT2D eigenvalue weighted by molar-refractivity contribution is 0.0947. The van der Waals surface area contributed by atoms with Gasteiger partial charge in [0, 0.05) is 18.5 Å². The number of nitrogens with zero attached hydrogens (tertiary/aromatic N) is 1. The Hall–Kier alpha value is -1.65. The van der Waals surface area contributed by atoms with Crippen LogP contribution in [0.3, 0.4) is 0 Å². The molecular weight excluding hydrogens is 288 g/mol. The number of rotatable bonds is 6. The molecular formula is C16H19ClN2O2. The molecule has 1 aromatic carbocycles. The van der Waals surface area contributed by atoms with Crippen molar-refractivity contribution in [1.82, 2.24) is 10.3 Å². The molecule has 0 saturated heterocycles. The Labute approximate surface area is 129 Å². The Kier molecular flexibility index (Phi) is 5.53. The number of benzene rings is 1. The number of hydrogen-bond acceptors (Lipinski definition) is 3. The highest BCUT2D eigenvalue weighted by Gasteiger charge is 2.10. The van der Waals surface area contributed by atoms with Crippen molar-refractivity contribution in [2.75, 3.05) is 13.2 Å². The summed E-state index contributed by atoms with van der Waals surface area (Å²) in [5, 5.41) is 13.8. The first-order valence-corrected chi connectivity index (χ1v) is 7.44. The first-order valence-electron chi connectivity index (χ1n) is 7.06. The van der Waals surface area contributed by atoms with E-state index >= 15 is 0 Å². The molecule has 0 aliphatic carbocycles. The maximum absolute atomic E-state index is 12.1. The summed E-state index contributed by atoms with van der Waals surface area (Å²) >= 11 is 6.11. The fourth-order valence-corrected chi connectivity index (χ4v) is 2.37. The number of fused-ring (bicyclic) bond motifs is 1. The van der Waals surface area contributed by atoms with Gasteiger partial charge in [0.25, 0.3) is 5.91 Å². The van der Waals surface area contributed by atoms with Crippen LogP contribution in [0.5, 0.6) is 0 Å². The number of carbonyl (C=O) groups is 1. The molecule has 1 unspecified atom stereocenters. The van der Waals surface area contributed by atoms with E-state index in [4.69, 9.17) is 16.7 Å². The third-order valence-electron chi connectivity index (χ3n) is 3.40. The molecule has 21 heavy (non-hydrogen) atoms. The van der Waals surface area contributed by atoms with Gasteiger partial charge in [0.1, 0.15) is 10.8 Å². The van der Waals surface area contributed by atoms with E-state index < -0.39 is 0 Å². The number of aliphatic hydroxyl groups is 1. The summed E-state index contributed by atoms with van der Waals surface area (Å²) in [6.07, 6.45) is 1.71. The van der Waals surface area contributed by atoms with E-state index in [2.05, 4.69) is 10.3 Å². The molecule has 0 aliphatic heterocycles. The third kappa shape index (κ3) is 4.16. The van der Waals surface area contributed by atoms with E-state index in [-0.39, 0.29) is 18.4 Å². The van der Waals surface area contributed by atoms with E-state index in [1.165, 1.54) is 0 Å². The van der Waals surface area contributed by atoms with Gasteiger partial charge in [-0.3, -0.25) is 4.79 Å². The Morgan fingerprint density at radius 1 is 1.43 bits per heavy atom. The van der Waals surface area contributed by atoms with E-state index in [1.807, 2.05) is 31.2 Å². The number of amides is 1. The minimum atomic E-state index is -0.223. The zero-order valence-electron chi connectivity index (χ0n) is 12.0. The molecule has 1 aromatic heterocycles. The summed E-state index contributed by atoms with van der Waals surface area (Å²) in [5.41, 5.74) is 0.328. The van der Waals surface area contributed by atoms with Crippen molar-refractivity contribution < 1.29 is 9.90 Å². The van der Waals surface area contributed by atoms with E-state index in [0.717, 1.165) is 23.6 Å². The predicted molar refractivity (Wildman–Crippen MR) is 84.6 cm³/mol.